The van der Waals surface area contributed by atoms with Crippen molar-refractivity contribution in [2.75, 3.05) is 13.1 Å². The van der Waals surface area contributed by atoms with E-state index < -0.39 is 35.6 Å². The number of hydrogen-bond acceptors (Lipinski definition) is 5. The zero-order valence-electron chi connectivity index (χ0n) is 24.6. The number of nitrogens with two attached hydrogens (primary N) is 4. The summed E-state index contributed by atoms with van der Waals surface area (Å²) in [5, 5.41) is 10.5. The van der Waals surface area contributed by atoms with Crippen LogP contribution in [0.3, 0.4) is 0 Å². The van der Waals surface area contributed by atoms with Gasteiger partial charge in [0.15, 0.2) is 11.9 Å². The van der Waals surface area contributed by atoms with Crippen LogP contribution >= 0.6 is 0 Å². The first kappa shape index (κ1) is 33.3. The Kier molecular flexibility index (Phi) is 12.4. The van der Waals surface area contributed by atoms with Gasteiger partial charge in [0.2, 0.25) is 11.8 Å². The van der Waals surface area contributed by atoms with Gasteiger partial charge in [-0.25, -0.2) is 4.39 Å². The summed E-state index contributed by atoms with van der Waals surface area (Å²) in [5.74, 6) is -2.24. The van der Waals surface area contributed by atoms with E-state index in [0.29, 0.717) is 12.8 Å². The van der Waals surface area contributed by atoms with E-state index in [4.69, 9.17) is 22.9 Å². The monoisotopic (exact) mass is 605 g/mol. The fourth-order valence-electron chi connectivity index (χ4n) is 4.68. The van der Waals surface area contributed by atoms with Crippen molar-refractivity contribution in [2.24, 2.45) is 32.9 Å². The normalized spacial score (nSPS) is 12.8. The third-order valence-corrected chi connectivity index (χ3v) is 6.90. The standard InChI is InChI=1S/C31H40FN9O3/c1-19(23-10-4-8-20-7-2-3-9-24(20)23)39-28(43)25(11-5-17-37-30(33)34)41-29(44)26(12-6-18-38-31(35)36)40-27(42)21-13-15-22(32)16-14-21/h2-4,7-10,13-16,19,25-26H,5-6,11-12,17-18H2,1H3,(H,39,43)(H,40,42)(H,41,44)(H4,33,34,37)(H4,35,36,38)/t19-,25+,26+/m1/s1. The summed E-state index contributed by atoms with van der Waals surface area (Å²) in [6.07, 6.45) is 1.16. The van der Waals surface area contributed by atoms with Crippen LogP contribution in [0.2, 0.25) is 0 Å². The van der Waals surface area contributed by atoms with Gasteiger partial charge in [-0.15, -0.1) is 0 Å². The van der Waals surface area contributed by atoms with Crippen LogP contribution in [-0.2, 0) is 9.59 Å². The molecule has 0 aromatic heterocycles. The number of carbonyl (C=O) groups is 3. The number of fused-ring (bicyclic) bond motifs is 1. The molecule has 0 saturated heterocycles. The minimum absolute atomic E-state index is 0.0797. The number of nitrogens with zero attached hydrogens (tertiary/aromatic N) is 2. The smallest absolute Gasteiger partial charge is 0.251 e. The largest absolute Gasteiger partial charge is 0.370 e. The molecule has 0 aliphatic heterocycles. The Morgan fingerprint density at radius 1 is 0.727 bits per heavy atom. The van der Waals surface area contributed by atoms with E-state index in [9.17, 15) is 18.8 Å². The maximum absolute atomic E-state index is 13.6. The third-order valence-electron chi connectivity index (χ3n) is 6.90. The van der Waals surface area contributed by atoms with Gasteiger partial charge in [-0.3, -0.25) is 24.4 Å². The van der Waals surface area contributed by atoms with E-state index in [1.807, 2.05) is 49.4 Å². The lowest BCUT2D eigenvalue weighted by atomic mass is 9.99. The number of aliphatic imine (C=N–C) groups is 2. The second kappa shape index (κ2) is 16.4. The molecule has 13 heteroatoms. The molecule has 3 rings (SSSR count). The number of hydrogen-bond donors (Lipinski definition) is 7. The summed E-state index contributed by atoms with van der Waals surface area (Å²) in [6, 6.07) is 16.3. The predicted molar refractivity (Wildman–Crippen MR) is 170 cm³/mol. The molecular weight excluding hydrogens is 565 g/mol. The highest BCUT2D eigenvalue weighted by Crippen LogP contribution is 2.24. The zero-order chi connectivity index (χ0) is 32.1. The van der Waals surface area contributed by atoms with Crippen molar-refractivity contribution in [3.05, 3.63) is 83.7 Å². The molecule has 0 radical (unpaired) electrons. The van der Waals surface area contributed by atoms with Crippen LogP contribution in [0.25, 0.3) is 10.8 Å². The van der Waals surface area contributed by atoms with Crippen molar-refractivity contribution in [1.29, 1.82) is 0 Å². The molecule has 0 aliphatic carbocycles. The number of halogens is 1. The van der Waals surface area contributed by atoms with Crippen molar-refractivity contribution in [1.82, 2.24) is 16.0 Å². The molecule has 0 aliphatic rings. The Labute approximate surface area is 255 Å². The lowest BCUT2D eigenvalue weighted by molar-refractivity contribution is -0.130. The Morgan fingerprint density at radius 2 is 1.27 bits per heavy atom. The molecule has 12 nitrogen and oxygen atoms in total. The summed E-state index contributed by atoms with van der Waals surface area (Å²) in [4.78, 5) is 48.0. The third kappa shape index (κ3) is 10.3. The zero-order valence-corrected chi connectivity index (χ0v) is 24.6. The lowest BCUT2D eigenvalue weighted by Gasteiger charge is -2.25. The van der Waals surface area contributed by atoms with Crippen molar-refractivity contribution >= 4 is 40.4 Å². The number of benzene rings is 3. The molecule has 3 aromatic carbocycles. The molecule has 11 N–H and O–H groups in total. The molecule has 0 unspecified atom stereocenters. The van der Waals surface area contributed by atoms with Gasteiger partial charge < -0.3 is 38.9 Å². The number of rotatable bonds is 15. The Morgan fingerprint density at radius 3 is 1.89 bits per heavy atom. The first-order chi connectivity index (χ1) is 21.0. The van der Waals surface area contributed by atoms with Crippen LogP contribution in [0.15, 0.2) is 76.7 Å². The fraction of sp³-hybridized carbons (Fsp3) is 0.323. The van der Waals surface area contributed by atoms with Gasteiger partial charge in [-0.2, -0.15) is 0 Å². The van der Waals surface area contributed by atoms with E-state index in [0.717, 1.165) is 28.5 Å². The average Bonchev–Trinajstić information content (AvgIpc) is 2.99. The van der Waals surface area contributed by atoms with E-state index in [1.165, 1.54) is 12.1 Å². The highest BCUT2D eigenvalue weighted by molar-refractivity contribution is 5.98. The van der Waals surface area contributed by atoms with Gasteiger partial charge in [0.25, 0.3) is 5.91 Å². The molecule has 0 bridgehead atoms. The summed E-state index contributed by atoms with van der Waals surface area (Å²) in [7, 11) is 0. The second-order valence-electron chi connectivity index (χ2n) is 10.3. The molecule has 3 atom stereocenters. The SMILES string of the molecule is C[C@@H](NC(=O)[C@H](CCCN=C(N)N)NC(=O)[C@H](CCCN=C(N)N)NC(=O)c1ccc(F)cc1)c1cccc2ccccc12. The van der Waals surface area contributed by atoms with Crippen LogP contribution in [0.4, 0.5) is 4.39 Å². The molecule has 0 fully saturated rings. The Bertz CT molecular complexity index is 1480. The first-order valence-corrected chi connectivity index (χ1v) is 14.3. The van der Waals surface area contributed by atoms with Crippen molar-refractivity contribution < 1.29 is 18.8 Å². The molecule has 44 heavy (non-hydrogen) atoms. The van der Waals surface area contributed by atoms with E-state index in [-0.39, 0.29) is 49.5 Å². The lowest BCUT2D eigenvalue weighted by Crippen LogP contribution is -2.54. The minimum atomic E-state index is -1.04. The molecule has 0 heterocycles. The first-order valence-electron chi connectivity index (χ1n) is 14.3. The van der Waals surface area contributed by atoms with Gasteiger partial charge in [0.05, 0.1) is 6.04 Å². The van der Waals surface area contributed by atoms with Gasteiger partial charge >= 0.3 is 0 Å². The molecular formula is C31H40FN9O3. The second-order valence-corrected chi connectivity index (χ2v) is 10.3. The maximum atomic E-state index is 13.6. The minimum Gasteiger partial charge on any atom is -0.370 e. The van der Waals surface area contributed by atoms with Crippen LogP contribution in [-0.4, -0.2) is 54.8 Å². The highest BCUT2D eigenvalue weighted by atomic mass is 19.1. The topological polar surface area (TPSA) is 216 Å². The van der Waals surface area contributed by atoms with Crippen molar-refractivity contribution in [2.45, 2.75) is 50.7 Å². The fourth-order valence-corrected chi connectivity index (χ4v) is 4.68. The van der Waals surface area contributed by atoms with Crippen molar-refractivity contribution in [3.8, 4) is 0 Å². The average molecular weight is 606 g/mol. The van der Waals surface area contributed by atoms with E-state index in [2.05, 4.69) is 25.9 Å². The number of guanidine groups is 2. The van der Waals surface area contributed by atoms with Crippen LogP contribution < -0.4 is 38.9 Å². The van der Waals surface area contributed by atoms with E-state index >= 15 is 0 Å². The maximum Gasteiger partial charge on any atom is 0.251 e. The molecule has 234 valence electrons. The van der Waals surface area contributed by atoms with Gasteiger partial charge in [0.1, 0.15) is 17.9 Å². The van der Waals surface area contributed by atoms with Crippen LogP contribution in [0, 0.1) is 5.82 Å². The molecule has 0 spiro atoms. The molecule has 0 saturated carbocycles. The quantitative estimate of drug-likeness (QED) is 0.0769. The van der Waals surface area contributed by atoms with Gasteiger partial charge in [-0.05, 0) is 73.2 Å². The summed E-state index contributed by atoms with van der Waals surface area (Å²) < 4.78 is 13.4. The van der Waals surface area contributed by atoms with Gasteiger partial charge in [0, 0.05) is 18.7 Å². The Balaban J connectivity index is 1.79. The van der Waals surface area contributed by atoms with Crippen LogP contribution in [0.1, 0.15) is 54.6 Å². The number of carbonyl (C=O) groups excluding carboxylic acids is 3. The van der Waals surface area contributed by atoms with Crippen LogP contribution in [0.5, 0.6) is 0 Å². The Hall–Kier alpha value is -5.20. The summed E-state index contributed by atoms with van der Waals surface area (Å²) in [6.45, 7) is 2.35. The van der Waals surface area contributed by atoms with E-state index in [1.54, 1.807) is 0 Å². The molecule has 3 aromatic rings. The van der Waals surface area contributed by atoms with Gasteiger partial charge in [-0.1, -0.05) is 42.5 Å². The summed E-state index contributed by atoms with van der Waals surface area (Å²) in [5.41, 5.74) is 22.8. The predicted octanol–water partition coefficient (Wildman–Crippen LogP) is 1.55. The molecule has 3 amide bonds. The summed E-state index contributed by atoms with van der Waals surface area (Å²) >= 11 is 0. The van der Waals surface area contributed by atoms with Crippen molar-refractivity contribution in [3.63, 3.8) is 0 Å². The number of nitrogens with one attached hydrogen (secondary N) is 3. The highest BCUT2D eigenvalue weighted by Gasteiger charge is 2.28. The number of amides is 3.